The molecule has 43 heavy (non-hydrogen) atoms. The maximum atomic E-state index is 6.03. The Labute approximate surface area is 257 Å². The molecule has 8 heteroatoms. The highest BCUT2D eigenvalue weighted by molar-refractivity contribution is 6.09. The van der Waals surface area contributed by atoms with Gasteiger partial charge in [0.2, 0.25) is 0 Å². The number of benzene rings is 3. The van der Waals surface area contributed by atoms with Crippen LogP contribution in [0.1, 0.15) is 43.6 Å². The number of nitrogens with two attached hydrogens (primary N) is 5. The Balaban J connectivity index is 1.51. The van der Waals surface area contributed by atoms with E-state index in [2.05, 4.69) is 75.0 Å². The summed E-state index contributed by atoms with van der Waals surface area (Å²) < 4.78 is 2.50. The minimum atomic E-state index is 0.547. The van der Waals surface area contributed by atoms with E-state index < -0.39 is 0 Å². The van der Waals surface area contributed by atoms with E-state index in [4.69, 9.17) is 28.7 Å². The van der Waals surface area contributed by atoms with Gasteiger partial charge in [-0.25, -0.2) is 0 Å². The molecule has 1 aliphatic rings. The Morgan fingerprint density at radius 3 is 2.05 bits per heavy atom. The molecule has 8 nitrogen and oxygen atoms in total. The Morgan fingerprint density at radius 1 is 0.674 bits per heavy atom. The van der Waals surface area contributed by atoms with Crippen molar-refractivity contribution in [1.82, 2.24) is 9.47 Å². The third kappa shape index (κ3) is 7.06. The van der Waals surface area contributed by atoms with Gasteiger partial charge in [0.05, 0.1) is 0 Å². The molecule has 1 fully saturated rings. The highest BCUT2D eigenvalue weighted by Crippen LogP contribution is 2.39. The van der Waals surface area contributed by atoms with Crippen molar-refractivity contribution in [2.45, 2.75) is 50.6 Å². The van der Waals surface area contributed by atoms with Gasteiger partial charge in [-0.05, 0) is 79.1 Å². The van der Waals surface area contributed by atoms with Crippen LogP contribution in [0.25, 0.3) is 32.9 Å². The number of anilines is 1. The van der Waals surface area contributed by atoms with Crippen LogP contribution >= 0.6 is 0 Å². The number of aromatic nitrogens is 1. The first kappa shape index (κ1) is 31.4. The first-order chi connectivity index (χ1) is 21.1. The molecule has 10 N–H and O–H groups in total. The number of nitrogens with zero attached hydrogens (tertiary/aromatic N) is 3. The molecule has 0 aliphatic heterocycles. The van der Waals surface area contributed by atoms with Gasteiger partial charge in [0.25, 0.3) is 0 Å². The van der Waals surface area contributed by atoms with Crippen molar-refractivity contribution in [3.63, 3.8) is 0 Å². The number of fused-ring (bicyclic) bond motifs is 3. The molecule has 1 aromatic heterocycles. The smallest absolute Gasteiger partial charge is 0.0497 e. The molecule has 3 aromatic carbocycles. The summed E-state index contributed by atoms with van der Waals surface area (Å²) in [4.78, 5) is 4.79. The van der Waals surface area contributed by atoms with Crippen molar-refractivity contribution in [1.29, 1.82) is 0 Å². The zero-order valence-corrected chi connectivity index (χ0v) is 25.8. The fraction of sp³-hybridized carbons (Fsp3) is 0.486. The second-order valence-corrected chi connectivity index (χ2v) is 12.0. The van der Waals surface area contributed by atoms with Gasteiger partial charge in [-0.1, -0.05) is 42.8 Å². The van der Waals surface area contributed by atoms with Crippen LogP contribution in [0.5, 0.6) is 0 Å². The normalized spacial score (nSPS) is 17.3. The van der Waals surface area contributed by atoms with E-state index in [9.17, 15) is 0 Å². The van der Waals surface area contributed by atoms with Gasteiger partial charge in [0.1, 0.15) is 0 Å². The fourth-order valence-corrected chi connectivity index (χ4v) is 7.21. The molecule has 5 rings (SSSR count). The van der Waals surface area contributed by atoms with E-state index in [-0.39, 0.29) is 0 Å². The predicted molar refractivity (Wildman–Crippen MR) is 184 cm³/mol. The van der Waals surface area contributed by atoms with Gasteiger partial charge < -0.3 is 38.1 Å². The summed E-state index contributed by atoms with van der Waals surface area (Å²) >= 11 is 0. The number of hydrogen-bond donors (Lipinski definition) is 5. The largest absolute Gasteiger partial charge is 0.369 e. The molecule has 0 spiro atoms. The number of hydrogen-bond acceptors (Lipinski definition) is 7. The average molecular weight is 585 g/mol. The lowest BCUT2D eigenvalue weighted by Gasteiger charge is -2.37. The Kier molecular flexibility index (Phi) is 11.1. The van der Waals surface area contributed by atoms with Crippen molar-refractivity contribution >= 4 is 27.5 Å². The second-order valence-electron chi connectivity index (χ2n) is 12.0. The zero-order valence-electron chi connectivity index (χ0n) is 25.8. The van der Waals surface area contributed by atoms with Crippen LogP contribution < -0.4 is 33.6 Å². The van der Waals surface area contributed by atoms with Gasteiger partial charge in [-0.3, -0.25) is 4.90 Å². The van der Waals surface area contributed by atoms with E-state index >= 15 is 0 Å². The minimum Gasteiger partial charge on any atom is -0.369 e. The van der Waals surface area contributed by atoms with Crippen molar-refractivity contribution in [3.8, 4) is 11.1 Å². The molecule has 0 amide bonds. The van der Waals surface area contributed by atoms with Gasteiger partial charge in [0.15, 0.2) is 0 Å². The summed E-state index contributed by atoms with van der Waals surface area (Å²) in [6.07, 6.45) is 5.81. The van der Waals surface area contributed by atoms with Gasteiger partial charge in [0, 0.05) is 92.4 Å². The van der Waals surface area contributed by atoms with Crippen LogP contribution in [0, 0.1) is 0 Å². The molecule has 232 valence electrons. The Hall–Kier alpha value is -2.98. The van der Waals surface area contributed by atoms with Crippen molar-refractivity contribution in [2.24, 2.45) is 28.7 Å². The van der Waals surface area contributed by atoms with Crippen molar-refractivity contribution in [2.75, 3.05) is 63.8 Å². The molecule has 4 aromatic rings. The third-order valence-electron chi connectivity index (χ3n) is 9.29. The topological polar surface area (TPSA) is 142 Å². The molecule has 1 aliphatic carbocycles. The predicted octanol–water partition coefficient (Wildman–Crippen LogP) is 3.78. The molecule has 2 atom stereocenters. The maximum Gasteiger partial charge on any atom is 0.0497 e. The molecule has 0 saturated heterocycles. The van der Waals surface area contributed by atoms with Gasteiger partial charge >= 0.3 is 0 Å². The average Bonchev–Trinajstić information content (AvgIpc) is 3.35. The Morgan fingerprint density at radius 2 is 1.35 bits per heavy atom. The Bertz CT molecular complexity index is 1450. The summed E-state index contributed by atoms with van der Waals surface area (Å²) in [6, 6.07) is 23.4. The molecular weight excluding hydrogens is 532 g/mol. The molecule has 1 saturated carbocycles. The molecule has 2 unspecified atom stereocenters. The summed E-state index contributed by atoms with van der Waals surface area (Å²) in [7, 11) is 0. The summed E-state index contributed by atoms with van der Waals surface area (Å²) in [5, 5.41) is 2.61. The number of aryl methyl sites for hydroxylation is 1. The summed E-state index contributed by atoms with van der Waals surface area (Å²) in [5.74, 6) is 0.547. The van der Waals surface area contributed by atoms with Crippen LogP contribution in [-0.4, -0.2) is 74.4 Å². The quantitative estimate of drug-likeness (QED) is 0.143. The first-order valence-corrected chi connectivity index (χ1v) is 16.3. The highest BCUT2D eigenvalue weighted by atomic mass is 15.2. The van der Waals surface area contributed by atoms with E-state index in [0.717, 1.165) is 44.8 Å². The monoisotopic (exact) mass is 584 g/mol. The standard InChI is InChI=1S/C35H52N8/c36-12-3-17-43-34-24-28(26-4-1-6-30(22-26)41(18-13-37)19-14-38)8-10-32(34)33-11-9-29(25-35(33)43)27-5-2-7-31(23-27)42(20-15-39)21-16-40/h1,4,6,8-11,22,24-25,27,31H,2-3,5,7,12-21,23,36-40H2. The van der Waals surface area contributed by atoms with E-state index in [0.29, 0.717) is 44.7 Å². The van der Waals surface area contributed by atoms with Crippen LogP contribution in [-0.2, 0) is 6.54 Å². The maximum absolute atomic E-state index is 6.03. The SMILES string of the molecule is NCCCn1c2cc(-c3cccc(N(CCN)CCN)c3)ccc2c2ccc(C3CCCC(N(CCN)CCN)C3)cc21. The minimum absolute atomic E-state index is 0.547. The van der Waals surface area contributed by atoms with E-state index in [1.54, 1.807) is 0 Å². The lowest BCUT2D eigenvalue weighted by molar-refractivity contribution is 0.154. The molecule has 0 radical (unpaired) electrons. The van der Waals surface area contributed by atoms with E-state index in [1.165, 1.54) is 64.2 Å². The highest BCUT2D eigenvalue weighted by Gasteiger charge is 2.27. The lowest BCUT2D eigenvalue weighted by atomic mass is 9.80. The summed E-state index contributed by atoms with van der Waals surface area (Å²) in [5.41, 5.74) is 37.3. The molecule has 0 bridgehead atoms. The van der Waals surface area contributed by atoms with Crippen LogP contribution in [0.15, 0.2) is 60.7 Å². The van der Waals surface area contributed by atoms with E-state index in [1.807, 2.05) is 0 Å². The molecular formula is C35H52N8. The van der Waals surface area contributed by atoms with Crippen LogP contribution in [0.4, 0.5) is 5.69 Å². The van der Waals surface area contributed by atoms with Crippen molar-refractivity contribution < 1.29 is 0 Å². The fourth-order valence-electron chi connectivity index (χ4n) is 7.21. The van der Waals surface area contributed by atoms with Gasteiger partial charge in [-0.2, -0.15) is 0 Å². The van der Waals surface area contributed by atoms with Gasteiger partial charge in [-0.15, -0.1) is 0 Å². The second kappa shape index (κ2) is 15.1. The molecule has 1 heterocycles. The summed E-state index contributed by atoms with van der Waals surface area (Å²) in [6.45, 7) is 7.54. The van der Waals surface area contributed by atoms with Crippen LogP contribution in [0.3, 0.4) is 0 Å². The van der Waals surface area contributed by atoms with Crippen molar-refractivity contribution in [3.05, 3.63) is 66.2 Å². The third-order valence-corrected chi connectivity index (χ3v) is 9.29. The first-order valence-electron chi connectivity index (χ1n) is 16.3. The number of rotatable bonds is 15. The zero-order chi connectivity index (χ0) is 30.2. The van der Waals surface area contributed by atoms with Crippen LogP contribution in [0.2, 0.25) is 0 Å². The lowest BCUT2D eigenvalue weighted by Crippen LogP contribution is -2.43.